The Balaban J connectivity index is 2.71. The van der Waals surface area contributed by atoms with Crippen molar-refractivity contribution in [3.05, 3.63) is 72.3 Å². The maximum Gasteiger partial charge on any atom is 0.330 e. The lowest BCUT2D eigenvalue weighted by atomic mass is 10.2. The highest BCUT2D eigenvalue weighted by Gasteiger charge is 2.38. The Kier molecular flexibility index (Phi) is 6.53. The Morgan fingerprint density at radius 2 is 1.42 bits per heavy atom. The van der Waals surface area contributed by atoms with Gasteiger partial charge in [0.2, 0.25) is 5.91 Å². The van der Waals surface area contributed by atoms with Crippen LogP contribution in [0.3, 0.4) is 0 Å². The number of carbonyl (C=O) groups is 2. The maximum absolute atomic E-state index is 14.4. The lowest BCUT2D eigenvalue weighted by molar-refractivity contribution is -0.135. The zero-order valence-corrected chi connectivity index (χ0v) is 15.9. The first-order chi connectivity index (χ1) is 12.4. The number of rotatable bonds is 6. The van der Waals surface area contributed by atoms with E-state index in [4.69, 9.17) is 0 Å². The van der Waals surface area contributed by atoms with Crippen molar-refractivity contribution in [1.29, 1.82) is 0 Å². The van der Waals surface area contributed by atoms with Gasteiger partial charge in [-0.1, -0.05) is 60.7 Å². The smallest absolute Gasteiger partial charge is 0.330 e. The molecule has 2 rings (SSSR count). The van der Waals surface area contributed by atoms with E-state index in [2.05, 4.69) is 10.1 Å². The third-order valence-electron chi connectivity index (χ3n) is 3.96. The first kappa shape index (κ1) is 19.7. The van der Waals surface area contributed by atoms with E-state index in [0.29, 0.717) is 16.2 Å². The molecule has 1 amide bonds. The predicted molar refractivity (Wildman–Crippen MR) is 103 cm³/mol. The van der Waals surface area contributed by atoms with Gasteiger partial charge < -0.3 is 14.6 Å². The zero-order valence-electron chi connectivity index (χ0n) is 15.0. The van der Waals surface area contributed by atoms with Crippen LogP contribution in [0.4, 0.5) is 0 Å². The molecule has 0 spiro atoms. The monoisotopic (exact) mass is 371 g/mol. The summed E-state index contributed by atoms with van der Waals surface area (Å²) in [5.74, 6) is -1.76. The molecule has 1 unspecified atom stereocenters. The van der Waals surface area contributed by atoms with Crippen molar-refractivity contribution in [2.24, 2.45) is 0 Å². The van der Waals surface area contributed by atoms with E-state index in [1.165, 1.54) is 20.1 Å². The average molecular weight is 371 g/mol. The molecule has 0 saturated heterocycles. The number of ether oxygens (including phenoxy) is 1. The van der Waals surface area contributed by atoms with Crippen LogP contribution in [0, 0.1) is 0 Å². The van der Waals surface area contributed by atoms with Crippen molar-refractivity contribution in [3.8, 4) is 0 Å². The van der Waals surface area contributed by atoms with Gasteiger partial charge in [-0.2, -0.15) is 0 Å². The van der Waals surface area contributed by atoms with Crippen LogP contribution >= 0.6 is 7.14 Å². The molecule has 0 fully saturated rings. The molecule has 2 aromatic rings. The SMILES string of the molecule is COC(=O)/C=C(/C)C(NC(C)=O)P(=O)(c1ccccc1)c1ccccc1. The third-order valence-corrected chi connectivity index (χ3v) is 7.36. The molecule has 0 aliphatic carbocycles. The number of hydrogen-bond acceptors (Lipinski definition) is 4. The van der Waals surface area contributed by atoms with Crippen molar-refractivity contribution in [1.82, 2.24) is 5.32 Å². The average Bonchev–Trinajstić information content (AvgIpc) is 2.66. The molecule has 5 nitrogen and oxygen atoms in total. The summed E-state index contributed by atoms with van der Waals surface area (Å²) < 4.78 is 19.0. The van der Waals surface area contributed by atoms with E-state index < -0.39 is 18.9 Å². The summed E-state index contributed by atoms with van der Waals surface area (Å²) in [6.45, 7) is 3.02. The van der Waals surface area contributed by atoms with Gasteiger partial charge in [0.1, 0.15) is 5.78 Å². The van der Waals surface area contributed by atoms with Gasteiger partial charge >= 0.3 is 5.97 Å². The molecule has 0 heterocycles. The van der Waals surface area contributed by atoms with Crippen LogP contribution in [-0.4, -0.2) is 24.8 Å². The Morgan fingerprint density at radius 1 is 0.962 bits per heavy atom. The number of benzene rings is 2. The molecule has 0 aliphatic heterocycles. The highest BCUT2D eigenvalue weighted by Crippen LogP contribution is 2.50. The van der Waals surface area contributed by atoms with Crippen molar-refractivity contribution in [2.45, 2.75) is 19.6 Å². The van der Waals surface area contributed by atoms with Crippen molar-refractivity contribution in [3.63, 3.8) is 0 Å². The number of amides is 1. The number of carbonyl (C=O) groups excluding carboxylic acids is 2. The molecule has 0 aliphatic rings. The molecule has 1 N–H and O–H groups in total. The lowest BCUT2D eigenvalue weighted by Crippen LogP contribution is -2.40. The van der Waals surface area contributed by atoms with Gasteiger partial charge in [0.25, 0.3) is 0 Å². The fourth-order valence-electron chi connectivity index (χ4n) is 2.75. The number of methoxy groups -OCH3 is 1. The molecule has 6 heteroatoms. The minimum Gasteiger partial charge on any atom is -0.466 e. The van der Waals surface area contributed by atoms with E-state index in [-0.39, 0.29) is 5.91 Å². The third kappa shape index (κ3) is 4.30. The van der Waals surface area contributed by atoms with Crippen LogP contribution in [0.25, 0.3) is 0 Å². The Hall–Kier alpha value is -2.65. The topological polar surface area (TPSA) is 72.5 Å². The van der Waals surface area contributed by atoms with E-state index in [9.17, 15) is 14.2 Å². The zero-order chi connectivity index (χ0) is 19.2. The van der Waals surface area contributed by atoms with Gasteiger partial charge in [0.05, 0.1) is 7.11 Å². The first-order valence-corrected chi connectivity index (χ1v) is 9.91. The first-order valence-electron chi connectivity index (χ1n) is 8.13. The second kappa shape index (κ2) is 8.63. The highest BCUT2D eigenvalue weighted by atomic mass is 31.2. The predicted octanol–water partition coefficient (Wildman–Crippen LogP) is 2.58. The number of nitrogens with one attached hydrogen (secondary N) is 1. The highest BCUT2D eigenvalue weighted by molar-refractivity contribution is 7.79. The molecule has 1 atom stereocenters. The number of esters is 1. The summed E-state index contributed by atoms with van der Waals surface area (Å²) in [6, 6.07) is 18.0. The lowest BCUT2D eigenvalue weighted by Gasteiger charge is -2.30. The fourth-order valence-corrected chi connectivity index (χ4v) is 5.89. The van der Waals surface area contributed by atoms with Crippen molar-refractivity contribution < 1.29 is 18.9 Å². The quantitative estimate of drug-likeness (QED) is 0.481. The largest absolute Gasteiger partial charge is 0.466 e. The summed E-state index contributed by atoms with van der Waals surface area (Å²) in [6.07, 6.45) is 1.26. The minimum atomic E-state index is -3.32. The second-order valence-electron chi connectivity index (χ2n) is 5.84. The molecular weight excluding hydrogens is 349 g/mol. The fraction of sp³-hybridized carbons (Fsp3) is 0.200. The molecule has 26 heavy (non-hydrogen) atoms. The van der Waals surface area contributed by atoms with E-state index in [0.717, 1.165) is 0 Å². The van der Waals surface area contributed by atoms with Crippen LogP contribution in [-0.2, 0) is 18.9 Å². The van der Waals surface area contributed by atoms with E-state index in [1.54, 1.807) is 55.5 Å². The molecule has 2 aromatic carbocycles. The van der Waals surface area contributed by atoms with Gasteiger partial charge in [0.15, 0.2) is 7.14 Å². The Morgan fingerprint density at radius 3 is 1.81 bits per heavy atom. The van der Waals surface area contributed by atoms with Gasteiger partial charge in [0, 0.05) is 23.6 Å². The van der Waals surface area contributed by atoms with E-state index >= 15 is 0 Å². The van der Waals surface area contributed by atoms with Crippen LogP contribution in [0.1, 0.15) is 13.8 Å². The van der Waals surface area contributed by atoms with Gasteiger partial charge in [-0.05, 0) is 12.5 Å². The maximum atomic E-state index is 14.4. The summed E-state index contributed by atoms with van der Waals surface area (Å²) in [5.41, 5.74) is 0.461. The molecule has 0 saturated carbocycles. The molecule has 0 bridgehead atoms. The van der Waals surface area contributed by atoms with Gasteiger partial charge in [-0.3, -0.25) is 4.79 Å². The van der Waals surface area contributed by atoms with Crippen LogP contribution in [0.2, 0.25) is 0 Å². The molecular formula is C20H22NO4P. The van der Waals surface area contributed by atoms with Crippen LogP contribution in [0.15, 0.2) is 72.3 Å². The molecule has 0 aromatic heterocycles. The Bertz CT molecular complexity index is 803. The van der Waals surface area contributed by atoms with Gasteiger partial charge in [-0.15, -0.1) is 0 Å². The van der Waals surface area contributed by atoms with Crippen molar-refractivity contribution in [2.75, 3.05) is 7.11 Å². The Labute approximate surface area is 153 Å². The standard InChI is InChI=1S/C20H22NO4P/c1-15(14-19(23)25-3)20(21-16(2)22)26(24,17-10-6-4-7-11-17)18-12-8-5-9-13-18/h4-14,20H,1-3H3,(H,21,22)/b15-14-. The second-order valence-corrected chi connectivity index (χ2v) is 8.71. The van der Waals surface area contributed by atoms with Crippen molar-refractivity contribution >= 4 is 29.6 Å². The summed E-state index contributed by atoms with van der Waals surface area (Å²) in [4.78, 5) is 23.6. The number of hydrogen-bond donors (Lipinski definition) is 1. The minimum absolute atomic E-state index is 0.334. The summed E-state index contributed by atoms with van der Waals surface area (Å²) in [7, 11) is -2.05. The molecule has 0 radical (unpaired) electrons. The normalized spacial score (nSPS) is 13.0. The molecule has 136 valence electrons. The van der Waals surface area contributed by atoms with Crippen LogP contribution in [0.5, 0.6) is 0 Å². The van der Waals surface area contributed by atoms with Crippen LogP contribution < -0.4 is 15.9 Å². The van der Waals surface area contributed by atoms with Gasteiger partial charge in [-0.25, -0.2) is 4.79 Å². The summed E-state index contributed by atoms with van der Waals surface area (Å²) in [5, 5.41) is 3.97. The van der Waals surface area contributed by atoms with E-state index in [1.807, 2.05) is 12.1 Å². The summed E-state index contributed by atoms with van der Waals surface area (Å²) >= 11 is 0.